The van der Waals surface area contributed by atoms with E-state index >= 15 is 0 Å². The van der Waals surface area contributed by atoms with E-state index in [-0.39, 0.29) is 19.1 Å². The van der Waals surface area contributed by atoms with Crippen molar-refractivity contribution in [3.05, 3.63) is 28.7 Å². The fraction of sp³-hybridized carbons (Fsp3) is 0.389. The van der Waals surface area contributed by atoms with Crippen LogP contribution in [0.5, 0.6) is 11.5 Å². The summed E-state index contributed by atoms with van der Waals surface area (Å²) in [6.07, 6.45) is 2.62. The molecule has 0 radical (unpaired) electrons. The Morgan fingerprint density at radius 1 is 1.31 bits per heavy atom. The van der Waals surface area contributed by atoms with Crippen molar-refractivity contribution in [2.24, 2.45) is 0 Å². The van der Waals surface area contributed by atoms with E-state index in [0.717, 1.165) is 23.7 Å². The monoisotopic (exact) mass is 395 g/mol. The Bertz CT molecular complexity index is 732. The SMILES string of the molecule is CCCOc1ccc(/C=C2\SC(=S)N(CC(=O)OCC)C2=O)cc1OC. The highest BCUT2D eigenvalue weighted by Crippen LogP contribution is 2.34. The molecule has 1 aromatic carbocycles. The highest BCUT2D eigenvalue weighted by Gasteiger charge is 2.33. The van der Waals surface area contributed by atoms with Gasteiger partial charge in [-0.1, -0.05) is 37.0 Å². The van der Waals surface area contributed by atoms with E-state index in [1.54, 1.807) is 32.2 Å². The number of amides is 1. The van der Waals surface area contributed by atoms with Crippen molar-refractivity contribution in [1.29, 1.82) is 0 Å². The first-order valence-electron chi connectivity index (χ1n) is 8.22. The predicted molar refractivity (Wildman–Crippen MR) is 105 cm³/mol. The summed E-state index contributed by atoms with van der Waals surface area (Å²) < 4.78 is 16.2. The average molecular weight is 396 g/mol. The van der Waals surface area contributed by atoms with Crippen LogP contribution >= 0.6 is 24.0 Å². The van der Waals surface area contributed by atoms with Crippen molar-refractivity contribution in [1.82, 2.24) is 4.90 Å². The van der Waals surface area contributed by atoms with Crippen LogP contribution in [0.3, 0.4) is 0 Å². The maximum absolute atomic E-state index is 12.5. The summed E-state index contributed by atoms with van der Waals surface area (Å²) in [5, 5.41) is 0. The van der Waals surface area contributed by atoms with E-state index < -0.39 is 5.97 Å². The Morgan fingerprint density at radius 3 is 2.73 bits per heavy atom. The summed E-state index contributed by atoms with van der Waals surface area (Å²) in [5.74, 6) is 0.457. The minimum absolute atomic E-state index is 0.178. The van der Waals surface area contributed by atoms with Gasteiger partial charge in [-0.25, -0.2) is 0 Å². The molecule has 1 fully saturated rings. The highest BCUT2D eigenvalue weighted by molar-refractivity contribution is 8.26. The smallest absolute Gasteiger partial charge is 0.326 e. The quantitative estimate of drug-likeness (QED) is 0.380. The number of esters is 1. The Hall–Kier alpha value is -2.06. The number of hydrogen-bond acceptors (Lipinski definition) is 7. The highest BCUT2D eigenvalue weighted by atomic mass is 32.2. The summed E-state index contributed by atoms with van der Waals surface area (Å²) in [7, 11) is 1.57. The lowest BCUT2D eigenvalue weighted by Crippen LogP contribution is -2.34. The van der Waals surface area contributed by atoms with Crippen LogP contribution < -0.4 is 9.47 Å². The van der Waals surface area contributed by atoms with Crippen LogP contribution in [0.1, 0.15) is 25.8 Å². The molecular formula is C18H21NO5S2. The van der Waals surface area contributed by atoms with Crippen molar-refractivity contribution in [2.45, 2.75) is 20.3 Å². The molecule has 0 bridgehead atoms. The summed E-state index contributed by atoms with van der Waals surface area (Å²) >= 11 is 6.36. The zero-order chi connectivity index (χ0) is 19.1. The van der Waals surface area contributed by atoms with Gasteiger partial charge in [0.15, 0.2) is 11.5 Å². The average Bonchev–Trinajstić information content (AvgIpc) is 2.88. The number of carbonyl (C=O) groups excluding carboxylic acids is 2. The molecule has 1 heterocycles. The molecule has 0 aliphatic carbocycles. The van der Waals surface area contributed by atoms with Crippen molar-refractivity contribution in [3.63, 3.8) is 0 Å². The molecule has 1 amide bonds. The molecule has 8 heteroatoms. The number of nitrogens with zero attached hydrogens (tertiary/aromatic N) is 1. The second kappa shape index (κ2) is 9.59. The van der Waals surface area contributed by atoms with Crippen LogP contribution in [0.2, 0.25) is 0 Å². The maximum atomic E-state index is 12.5. The zero-order valence-electron chi connectivity index (χ0n) is 14.9. The van der Waals surface area contributed by atoms with Crippen LogP contribution in [-0.4, -0.2) is 48.0 Å². The standard InChI is InChI=1S/C18H21NO5S2/c1-4-8-24-13-7-6-12(9-14(13)22-3)10-15-17(21)19(18(25)26-15)11-16(20)23-5-2/h6-7,9-10H,4-5,8,11H2,1-3H3/b15-10-. The first-order chi connectivity index (χ1) is 12.5. The van der Waals surface area contributed by atoms with Gasteiger partial charge in [0.25, 0.3) is 5.91 Å². The first kappa shape index (κ1) is 20.3. The lowest BCUT2D eigenvalue weighted by molar-refractivity contribution is -0.145. The molecule has 1 aromatic rings. The van der Waals surface area contributed by atoms with Gasteiger partial charge < -0.3 is 14.2 Å². The van der Waals surface area contributed by atoms with Crippen LogP contribution in [0.25, 0.3) is 6.08 Å². The number of ether oxygens (including phenoxy) is 3. The molecule has 140 valence electrons. The normalized spacial score (nSPS) is 15.5. The Labute approximate surface area is 162 Å². The van der Waals surface area contributed by atoms with E-state index in [4.69, 9.17) is 26.4 Å². The largest absolute Gasteiger partial charge is 0.493 e. The number of thiocarbonyl (C=S) groups is 1. The number of rotatable bonds is 8. The van der Waals surface area contributed by atoms with Gasteiger partial charge in [-0.15, -0.1) is 0 Å². The lowest BCUT2D eigenvalue weighted by atomic mass is 10.2. The molecule has 26 heavy (non-hydrogen) atoms. The number of hydrogen-bond donors (Lipinski definition) is 0. The Kier molecular flexibility index (Phi) is 7.47. The number of methoxy groups -OCH3 is 1. The molecule has 0 unspecified atom stereocenters. The fourth-order valence-corrected chi connectivity index (χ4v) is 3.48. The molecule has 0 saturated carbocycles. The Balaban J connectivity index is 2.17. The third kappa shape index (κ3) is 4.98. The molecular weight excluding hydrogens is 374 g/mol. The molecule has 1 aliphatic heterocycles. The summed E-state index contributed by atoms with van der Waals surface area (Å²) in [6, 6.07) is 5.44. The topological polar surface area (TPSA) is 65.1 Å². The number of thioether (sulfide) groups is 1. The van der Waals surface area contributed by atoms with Crippen molar-refractivity contribution < 1.29 is 23.8 Å². The third-order valence-electron chi connectivity index (χ3n) is 3.41. The van der Waals surface area contributed by atoms with Crippen LogP contribution in [0, 0.1) is 0 Å². The van der Waals surface area contributed by atoms with E-state index in [9.17, 15) is 9.59 Å². The van der Waals surface area contributed by atoms with E-state index in [1.807, 2.05) is 13.0 Å². The predicted octanol–water partition coefficient (Wildman–Crippen LogP) is 3.25. The molecule has 0 spiro atoms. The second-order valence-corrected chi connectivity index (χ2v) is 7.01. The van der Waals surface area contributed by atoms with E-state index in [1.165, 1.54) is 4.90 Å². The molecule has 1 aliphatic rings. The number of benzene rings is 1. The fourth-order valence-electron chi connectivity index (χ4n) is 2.23. The summed E-state index contributed by atoms with van der Waals surface area (Å²) in [5.41, 5.74) is 0.780. The van der Waals surface area contributed by atoms with Gasteiger partial charge in [0.05, 0.1) is 25.2 Å². The van der Waals surface area contributed by atoms with Crippen molar-refractivity contribution >= 4 is 46.3 Å². The van der Waals surface area contributed by atoms with Gasteiger partial charge in [-0.3, -0.25) is 14.5 Å². The van der Waals surface area contributed by atoms with Gasteiger partial charge in [-0.2, -0.15) is 0 Å². The number of carbonyl (C=O) groups is 2. The van der Waals surface area contributed by atoms with Gasteiger partial charge in [0.1, 0.15) is 10.9 Å². The summed E-state index contributed by atoms with van der Waals surface area (Å²) in [6.45, 7) is 4.42. The Morgan fingerprint density at radius 2 is 2.08 bits per heavy atom. The van der Waals surface area contributed by atoms with Gasteiger partial charge >= 0.3 is 5.97 Å². The van der Waals surface area contributed by atoms with Crippen molar-refractivity contribution in [3.8, 4) is 11.5 Å². The summed E-state index contributed by atoms with van der Waals surface area (Å²) in [4.78, 5) is 25.8. The first-order valence-corrected chi connectivity index (χ1v) is 9.44. The molecule has 0 atom stereocenters. The van der Waals surface area contributed by atoms with E-state index in [0.29, 0.717) is 27.3 Å². The third-order valence-corrected chi connectivity index (χ3v) is 4.79. The molecule has 0 aromatic heterocycles. The second-order valence-electron chi connectivity index (χ2n) is 5.33. The van der Waals surface area contributed by atoms with Crippen LogP contribution in [-0.2, 0) is 14.3 Å². The van der Waals surface area contributed by atoms with Crippen LogP contribution in [0.4, 0.5) is 0 Å². The minimum atomic E-state index is -0.482. The molecule has 1 saturated heterocycles. The maximum Gasteiger partial charge on any atom is 0.326 e. The van der Waals surface area contributed by atoms with Gasteiger partial charge in [0.2, 0.25) is 0 Å². The van der Waals surface area contributed by atoms with Gasteiger partial charge in [-0.05, 0) is 37.1 Å². The zero-order valence-corrected chi connectivity index (χ0v) is 16.6. The van der Waals surface area contributed by atoms with E-state index in [2.05, 4.69) is 0 Å². The molecule has 6 nitrogen and oxygen atoms in total. The lowest BCUT2D eigenvalue weighted by Gasteiger charge is -2.12. The minimum Gasteiger partial charge on any atom is -0.493 e. The van der Waals surface area contributed by atoms with Gasteiger partial charge in [0, 0.05) is 0 Å². The van der Waals surface area contributed by atoms with Crippen molar-refractivity contribution in [2.75, 3.05) is 26.9 Å². The molecule has 2 rings (SSSR count). The van der Waals surface area contributed by atoms with Crippen LogP contribution in [0.15, 0.2) is 23.1 Å². The molecule has 0 N–H and O–H groups in total.